The third-order valence-corrected chi connectivity index (χ3v) is 12.1. The van der Waals surface area contributed by atoms with Crippen molar-refractivity contribution in [3.8, 4) is 0 Å². The van der Waals surface area contributed by atoms with Crippen LogP contribution in [0.3, 0.4) is 0 Å². The summed E-state index contributed by atoms with van der Waals surface area (Å²) in [5.41, 5.74) is 5.59. The van der Waals surface area contributed by atoms with Crippen molar-refractivity contribution in [2.45, 2.75) is 109 Å². The molecule has 0 saturated carbocycles. The van der Waals surface area contributed by atoms with E-state index in [-0.39, 0.29) is 111 Å². The highest BCUT2D eigenvalue weighted by Gasteiger charge is 2.34. The average Bonchev–Trinajstić information content (AvgIpc) is 3.30. The molecule has 0 aliphatic carbocycles. The lowest BCUT2D eigenvalue weighted by Crippen LogP contribution is -2.49. The van der Waals surface area contributed by atoms with Gasteiger partial charge in [0.15, 0.2) is 11.6 Å². The molecule has 0 spiro atoms. The molecule has 1 fully saturated rings. The molecule has 0 aromatic carbocycles. The van der Waals surface area contributed by atoms with Crippen LogP contribution in [0.5, 0.6) is 0 Å². The minimum atomic E-state index is -1.69. The number of hydrogen-bond acceptors (Lipinski definition) is 18. The van der Waals surface area contributed by atoms with E-state index in [0.29, 0.717) is 0 Å². The van der Waals surface area contributed by atoms with Gasteiger partial charge in [-0.15, -0.1) is 0 Å². The number of carbonyl (C=O) groups is 14. The number of nitrogens with one attached hydrogen (secondary N) is 4. The number of rotatable bonds is 37. The summed E-state index contributed by atoms with van der Waals surface area (Å²) < 4.78 is 0. The first-order valence-electron chi connectivity index (χ1n) is 24.6. The molecule has 0 unspecified atom stereocenters. The summed E-state index contributed by atoms with van der Waals surface area (Å²) in [5.74, 6) is -17.9. The Morgan fingerprint density at radius 2 is 0.750 bits per heavy atom. The topological polar surface area (TPSA) is 468 Å². The van der Waals surface area contributed by atoms with Crippen LogP contribution in [0, 0.1) is 11.8 Å². The molecule has 1 aliphatic rings. The lowest BCUT2D eigenvalue weighted by molar-refractivity contribution is -0.141. The van der Waals surface area contributed by atoms with Crippen molar-refractivity contribution in [1.82, 2.24) is 40.9 Å². The van der Waals surface area contributed by atoms with Gasteiger partial charge in [0.1, 0.15) is 6.04 Å². The van der Waals surface area contributed by atoms with Gasteiger partial charge in [0.25, 0.3) is 0 Å². The summed E-state index contributed by atoms with van der Waals surface area (Å²) in [7, 11) is 0. The molecule has 428 valence electrons. The first kappa shape index (κ1) is 66.8. The molecule has 5 amide bonds. The number of unbranched alkanes of at least 4 members (excludes halogenated alkanes) is 1. The largest absolute Gasteiger partial charge is 0.481 e. The smallest absolute Gasteiger partial charge is 0.317 e. The maximum absolute atomic E-state index is 13.8. The molecule has 0 radical (unpaired) electrons. The summed E-state index contributed by atoms with van der Waals surface area (Å²) in [5, 5.41) is 75.4. The van der Waals surface area contributed by atoms with Gasteiger partial charge in [-0.2, -0.15) is 0 Å². The first-order valence-corrected chi connectivity index (χ1v) is 24.6. The van der Waals surface area contributed by atoms with Gasteiger partial charge in [-0.3, -0.25) is 86.7 Å². The number of aliphatic carboxylic acids is 7. The van der Waals surface area contributed by atoms with Gasteiger partial charge in [-0.25, -0.2) is 0 Å². The number of carbonyl (C=O) groups excluding carboxylic acids is 7. The fraction of sp³-hybridized carbons (Fsp3) is 0.696. The number of carboxylic acids is 7. The molecule has 0 aromatic heterocycles. The minimum Gasteiger partial charge on any atom is -0.481 e. The van der Waals surface area contributed by atoms with Crippen LogP contribution in [0.15, 0.2) is 0 Å². The summed E-state index contributed by atoms with van der Waals surface area (Å²) in [6.45, 7) is 1.35. The number of carboxylic acid groups (broad SMARTS) is 7. The van der Waals surface area contributed by atoms with Gasteiger partial charge in [-0.05, 0) is 44.9 Å². The lowest BCUT2D eigenvalue weighted by atomic mass is 9.89. The van der Waals surface area contributed by atoms with Gasteiger partial charge in [-0.1, -0.05) is 0 Å². The Labute approximate surface area is 437 Å². The molecule has 0 aromatic rings. The predicted octanol–water partition coefficient (Wildman–Crippen LogP) is -3.68. The highest BCUT2D eigenvalue weighted by molar-refractivity contribution is 5.96. The van der Waals surface area contributed by atoms with Crippen molar-refractivity contribution in [3.63, 3.8) is 0 Å². The molecule has 5 atom stereocenters. The number of primary amides is 1. The number of Topliss-reactive ketones (excluding diaryl/α,β-unsaturated/α-hetero) is 2. The van der Waals surface area contributed by atoms with Gasteiger partial charge in [0.05, 0.1) is 38.3 Å². The fourth-order valence-electron chi connectivity index (χ4n) is 8.04. The highest BCUT2D eigenvalue weighted by Crippen LogP contribution is 2.20. The van der Waals surface area contributed by atoms with Crippen LogP contribution in [0.25, 0.3) is 0 Å². The Morgan fingerprint density at radius 1 is 0.421 bits per heavy atom. The normalized spacial score (nSPS) is 16.1. The van der Waals surface area contributed by atoms with E-state index in [2.05, 4.69) is 21.3 Å². The van der Waals surface area contributed by atoms with Crippen LogP contribution in [0.1, 0.15) is 90.4 Å². The minimum absolute atomic E-state index is 0.0624. The molecule has 0 bridgehead atoms. The van der Waals surface area contributed by atoms with E-state index in [0.717, 1.165) is 6.92 Å². The maximum atomic E-state index is 13.8. The Morgan fingerprint density at radius 3 is 1.08 bits per heavy atom. The zero-order valence-corrected chi connectivity index (χ0v) is 42.5. The second-order valence-electron chi connectivity index (χ2n) is 18.4. The highest BCUT2D eigenvalue weighted by atomic mass is 16.4. The van der Waals surface area contributed by atoms with E-state index in [4.69, 9.17) is 10.8 Å². The zero-order valence-electron chi connectivity index (χ0n) is 42.5. The van der Waals surface area contributed by atoms with Crippen LogP contribution in [0.4, 0.5) is 0 Å². The summed E-state index contributed by atoms with van der Waals surface area (Å²) in [6.07, 6.45) is -5.78. The molecule has 1 saturated heterocycles. The van der Waals surface area contributed by atoms with E-state index in [9.17, 15) is 97.8 Å². The maximum Gasteiger partial charge on any atom is 0.317 e. The monoisotopic (exact) mass is 1090 g/mol. The molecular formula is C46H73N9O21. The summed E-state index contributed by atoms with van der Waals surface area (Å²) in [6, 6.07) is -4.45. The number of nitrogens with two attached hydrogens (primary N) is 1. The van der Waals surface area contributed by atoms with Crippen molar-refractivity contribution in [3.05, 3.63) is 0 Å². The SMILES string of the molecule is CC(=O)N[C@@H](CCC(=O)O)C(=O)C[C@@H](CCC(=O)O)C(=O)N[C@@H](CCC(=O)O)C(=O)C[C@@H](CCC(=O)O)C(=O)N[C@@H](CCCCNC(=O)CN1CCN(CC(=O)O)CCN(CC(=O)O)CCN(CC(=O)O)CC1)C(N)=O. The molecule has 30 nitrogen and oxygen atoms in total. The van der Waals surface area contributed by atoms with Crippen molar-refractivity contribution in [2.24, 2.45) is 17.6 Å². The van der Waals surface area contributed by atoms with Crippen LogP contribution in [0.2, 0.25) is 0 Å². The Kier molecular flexibility index (Phi) is 31.6. The molecule has 76 heavy (non-hydrogen) atoms. The molecule has 1 rings (SSSR count). The van der Waals surface area contributed by atoms with Crippen LogP contribution in [-0.4, -0.2) is 241 Å². The molecule has 30 heteroatoms. The van der Waals surface area contributed by atoms with Crippen LogP contribution < -0.4 is 27.0 Å². The molecule has 1 aliphatic heterocycles. The summed E-state index contributed by atoms with van der Waals surface area (Å²) >= 11 is 0. The second kappa shape index (κ2) is 35.9. The fourth-order valence-corrected chi connectivity index (χ4v) is 8.04. The van der Waals surface area contributed by atoms with Gasteiger partial charge in [0, 0.05) is 116 Å². The van der Waals surface area contributed by atoms with Crippen molar-refractivity contribution < 1.29 is 103 Å². The lowest BCUT2D eigenvalue weighted by Gasteiger charge is -2.32. The van der Waals surface area contributed by atoms with E-state index in [1.165, 1.54) is 0 Å². The quantitative estimate of drug-likeness (QED) is 0.0267. The molecule has 1 heterocycles. The molecular weight excluding hydrogens is 1010 g/mol. The number of ketones is 2. The van der Waals surface area contributed by atoms with Gasteiger partial charge in [0.2, 0.25) is 29.5 Å². The van der Waals surface area contributed by atoms with E-state index < -0.39 is 171 Å². The van der Waals surface area contributed by atoms with Crippen molar-refractivity contribution >= 4 is 82.9 Å². The first-order chi connectivity index (χ1) is 35.6. The number of amides is 5. The Bertz CT molecular complexity index is 2030. The Hall–Kier alpha value is -7.18. The second-order valence-corrected chi connectivity index (χ2v) is 18.4. The number of hydrogen-bond donors (Lipinski definition) is 12. The Balaban J connectivity index is 3.13. The van der Waals surface area contributed by atoms with Crippen LogP contribution >= 0.6 is 0 Å². The number of nitrogens with zero attached hydrogens (tertiary/aromatic N) is 4. The van der Waals surface area contributed by atoms with E-state index in [1.807, 2.05) is 0 Å². The van der Waals surface area contributed by atoms with Crippen molar-refractivity contribution in [1.29, 1.82) is 0 Å². The van der Waals surface area contributed by atoms with Crippen molar-refractivity contribution in [2.75, 3.05) is 85.1 Å². The van der Waals surface area contributed by atoms with Gasteiger partial charge >= 0.3 is 41.8 Å². The third kappa shape index (κ3) is 30.9. The van der Waals surface area contributed by atoms with E-state index >= 15 is 0 Å². The molecule has 13 N–H and O–H groups in total. The zero-order chi connectivity index (χ0) is 57.5. The standard InChI is InChI=1S/C46H73N9O21/c1-28(56)49-31(7-11-39(64)65)34(57)22-29(5-9-37(60)61)45(75)50-32(8-12-40(66)67)35(58)23-30(6-10-38(62)63)46(76)51-33(44(47)74)4-2-3-13-48-36(59)24-52-14-16-53(25-41(68)69)18-20-55(27-43(72)73)21-19-54(17-15-52)26-42(70)71/h29-33H,2-27H2,1H3,(H2,47,74)(H,48,59)(H,49,56)(H,50,75)(H,51,76)(H,60,61)(H,62,63)(H,64,65)(H,66,67)(H,68,69)(H,70,71)(H,72,73)/t29-,30-,31+,32+,33+/m1/s1. The van der Waals surface area contributed by atoms with Gasteiger partial charge < -0.3 is 62.7 Å². The third-order valence-electron chi connectivity index (χ3n) is 12.1. The summed E-state index contributed by atoms with van der Waals surface area (Å²) in [4.78, 5) is 179. The predicted molar refractivity (Wildman–Crippen MR) is 260 cm³/mol. The average molecular weight is 1090 g/mol. The van der Waals surface area contributed by atoms with E-state index in [1.54, 1.807) is 19.6 Å². The van der Waals surface area contributed by atoms with Crippen LogP contribution in [-0.2, 0) is 67.1 Å².